The Morgan fingerprint density at radius 3 is 2.43 bits per heavy atom. The van der Waals surface area contributed by atoms with Gasteiger partial charge in [-0.2, -0.15) is 4.98 Å². The lowest BCUT2D eigenvalue weighted by Crippen LogP contribution is -2.20. The fourth-order valence-corrected chi connectivity index (χ4v) is 2.64. The van der Waals surface area contributed by atoms with Crippen LogP contribution in [0.25, 0.3) is 0 Å². The Morgan fingerprint density at radius 2 is 1.74 bits per heavy atom. The van der Waals surface area contributed by atoms with Gasteiger partial charge in [0, 0.05) is 5.75 Å². The van der Waals surface area contributed by atoms with Crippen molar-refractivity contribution in [3.63, 3.8) is 0 Å². The highest BCUT2D eigenvalue weighted by Crippen LogP contribution is 2.20. The maximum Gasteiger partial charge on any atom is 0.443 e. The minimum atomic E-state index is -0.687. The molecule has 1 aromatic heterocycles. The molecule has 0 saturated carbocycles. The molecule has 0 fully saturated rings. The van der Waals surface area contributed by atoms with Crippen LogP contribution >= 0.6 is 11.8 Å². The predicted molar refractivity (Wildman–Crippen MR) is 88.3 cm³/mol. The summed E-state index contributed by atoms with van der Waals surface area (Å²) >= 11 is 1.40. The first kappa shape index (κ1) is 15.1. The molecule has 0 aliphatic rings. The number of nitrogens with zero attached hydrogens (tertiary/aromatic N) is 3. The highest BCUT2D eigenvalue weighted by Gasteiger charge is 2.16. The van der Waals surface area contributed by atoms with E-state index in [1.807, 2.05) is 36.4 Å². The van der Waals surface area contributed by atoms with Crippen molar-refractivity contribution in [2.45, 2.75) is 10.9 Å². The molecular formula is C16H14N4O2S. The van der Waals surface area contributed by atoms with Crippen LogP contribution in [-0.2, 0) is 5.75 Å². The number of nitrogen functional groups attached to an aromatic ring is 1. The van der Waals surface area contributed by atoms with Gasteiger partial charge >= 0.3 is 6.09 Å². The van der Waals surface area contributed by atoms with Crippen molar-refractivity contribution >= 4 is 23.8 Å². The van der Waals surface area contributed by atoms with Crippen LogP contribution in [0.15, 0.2) is 65.8 Å². The van der Waals surface area contributed by atoms with Crippen LogP contribution < -0.4 is 10.5 Å². The van der Waals surface area contributed by atoms with E-state index in [0.29, 0.717) is 16.7 Å². The number of hydrogen-bond acceptors (Lipinski definition) is 6. The normalized spacial score (nSPS) is 10.4. The van der Waals surface area contributed by atoms with Crippen LogP contribution in [0, 0.1) is 0 Å². The molecule has 0 aliphatic heterocycles. The number of nitrogens with two attached hydrogens (primary N) is 1. The van der Waals surface area contributed by atoms with E-state index in [1.54, 1.807) is 24.3 Å². The Hall–Kier alpha value is -2.80. The van der Waals surface area contributed by atoms with Crippen molar-refractivity contribution in [3.8, 4) is 5.75 Å². The van der Waals surface area contributed by atoms with E-state index in [-0.39, 0.29) is 5.95 Å². The molecule has 0 atom stereocenters. The molecule has 0 aliphatic carbocycles. The van der Waals surface area contributed by atoms with Crippen LogP contribution in [0.4, 0.5) is 10.7 Å². The van der Waals surface area contributed by atoms with E-state index < -0.39 is 6.09 Å². The Morgan fingerprint density at radius 1 is 1.09 bits per heavy atom. The number of carbonyl (C=O) groups is 1. The van der Waals surface area contributed by atoms with Crippen molar-refractivity contribution in [1.29, 1.82) is 0 Å². The Balaban J connectivity index is 1.67. The van der Waals surface area contributed by atoms with Crippen molar-refractivity contribution in [2.24, 2.45) is 0 Å². The molecule has 1 heterocycles. The average Bonchev–Trinajstić information content (AvgIpc) is 2.96. The molecular weight excluding hydrogens is 312 g/mol. The monoisotopic (exact) mass is 326 g/mol. The van der Waals surface area contributed by atoms with Gasteiger partial charge in [0.05, 0.1) is 0 Å². The lowest BCUT2D eigenvalue weighted by Gasteiger charge is -2.03. The van der Waals surface area contributed by atoms with Crippen molar-refractivity contribution in [3.05, 3.63) is 66.2 Å². The second kappa shape index (κ2) is 6.97. The topological polar surface area (TPSA) is 83.0 Å². The fourth-order valence-electron chi connectivity index (χ4n) is 1.85. The maximum atomic E-state index is 12.1. The maximum absolute atomic E-state index is 12.1. The van der Waals surface area contributed by atoms with Crippen LogP contribution in [0.2, 0.25) is 0 Å². The lowest BCUT2D eigenvalue weighted by molar-refractivity contribution is 0.199. The molecule has 23 heavy (non-hydrogen) atoms. The molecule has 0 saturated heterocycles. The Labute approximate surface area is 137 Å². The number of rotatable bonds is 4. The molecule has 0 amide bonds. The minimum absolute atomic E-state index is 0.00138. The zero-order valence-corrected chi connectivity index (χ0v) is 12.9. The van der Waals surface area contributed by atoms with Gasteiger partial charge < -0.3 is 10.5 Å². The zero-order valence-electron chi connectivity index (χ0n) is 12.1. The number of ether oxygens (including phenoxy) is 1. The van der Waals surface area contributed by atoms with Crippen LogP contribution in [0.1, 0.15) is 5.56 Å². The third-order valence-electron chi connectivity index (χ3n) is 2.94. The number of aromatic nitrogens is 3. The summed E-state index contributed by atoms with van der Waals surface area (Å²) in [6.45, 7) is 0. The number of hydrogen-bond donors (Lipinski definition) is 1. The van der Waals surface area contributed by atoms with E-state index in [2.05, 4.69) is 10.1 Å². The van der Waals surface area contributed by atoms with Gasteiger partial charge in [-0.3, -0.25) is 0 Å². The molecule has 3 rings (SSSR count). The van der Waals surface area contributed by atoms with E-state index in [4.69, 9.17) is 10.5 Å². The first-order valence-electron chi connectivity index (χ1n) is 6.89. The molecule has 3 aromatic rings. The molecule has 6 nitrogen and oxygen atoms in total. The smallest absolute Gasteiger partial charge is 0.409 e. The standard InChI is InChI=1S/C16H14N4O2S/c17-14-18-15(23-11-12-7-3-1-4-8-12)19-20(14)16(21)22-13-9-5-2-6-10-13/h1-10H,11H2,(H2,17,18,19). The van der Waals surface area contributed by atoms with Gasteiger partial charge in [0.25, 0.3) is 0 Å². The van der Waals surface area contributed by atoms with Gasteiger partial charge in [-0.1, -0.05) is 60.3 Å². The first-order chi connectivity index (χ1) is 11.2. The second-order valence-electron chi connectivity index (χ2n) is 4.62. The first-order valence-corrected chi connectivity index (χ1v) is 7.87. The zero-order chi connectivity index (χ0) is 16.1. The highest BCUT2D eigenvalue weighted by molar-refractivity contribution is 7.98. The van der Waals surface area contributed by atoms with E-state index in [1.165, 1.54) is 11.8 Å². The molecule has 0 spiro atoms. The van der Waals surface area contributed by atoms with Crippen LogP contribution in [-0.4, -0.2) is 20.9 Å². The van der Waals surface area contributed by atoms with Gasteiger partial charge in [0.15, 0.2) is 0 Å². The fraction of sp³-hybridized carbons (Fsp3) is 0.0625. The highest BCUT2D eigenvalue weighted by atomic mass is 32.2. The molecule has 0 radical (unpaired) electrons. The average molecular weight is 326 g/mol. The number of anilines is 1. The summed E-state index contributed by atoms with van der Waals surface area (Å²) in [5, 5.41) is 4.52. The number of thioether (sulfide) groups is 1. The summed E-state index contributed by atoms with van der Waals surface area (Å²) in [7, 11) is 0. The van der Waals surface area contributed by atoms with Gasteiger partial charge in [-0.15, -0.1) is 9.78 Å². The molecule has 116 valence electrons. The summed E-state index contributed by atoms with van der Waals surface area (Å²) in [5.74, 6) is 1.12. The molecule has 2 N–H and O–H groups in total. The summed E-state index contributed by atoms with van der Waals surface area (Å²) in [4.78, 5) is 16.2. The third-order valence-corrected chi connectivity index (χ3v) is 3.85. The molecule has 0 unspecified atom stereocenters. The van der Waals surface area contributed by atoms with Crippen LogP contribution in [0.5, 0.6) is 5.75 Å². The van der Waals surface area contributed by atoms with Crippen molar-refractivity contribution in [2.75, 3.05) is 5.73 Å². The lowest BCUT2D eigenvalue weighted by atomic mass is 10.2. The van der Waals surface area contributed by atoms with Gasteiger partial charge in [-0.25, -0.2) is 4.79 Å². The largest absolute Gasteiger partial charge is 0.443 e. The molecule has 7 heteroatoms. The van der Waals surface area contributed by atoms with Gasteiger partial charge in [-0.05, 0) is 17.7 Å². The molecule has 0 bridgehead atoms. The Kier molecular flexibility index (Phi) is 4.58. The summed E-state index contributed by atoms with van der Waals surface area (Å²) in [6, 6.07) is 18.6. The second-order valence-corrected chi connectivity index (χ2v) is 5.56. The van der Waals surface area contributed by atoms with Crippen molar-refractivity contribution < 1.29 is 9.53 Å². The van der Waals surface area contributed by atoms with E-state index in [9.17, 15) is 4.79 Å². The Bertz CT molecular complexity index is 790. The SMILES string of the molecule is Nc1nc(SCc2ccccc2)nn1C(=O)Oc1ccccc1. The number of carbonyl (C=O) groups excluding carboxylic acids is 1. The molecule has 2 aromatic carbocycles. The predicted octanol–water partition coefficient (Wildman–Crippen LogP) is 3.20. The van der Waals surface area contributed by atoms with E-state index >= 15 is 0 Å². The van der Waals surface area contributed by atoms with Gasteiger partial charge in [0.1, 0.15) is 5.75 Å². The number of benzene rings is 2. The van der Waals surface area contributed by atoms with Crippen molar-refractivity contribution in [1.82, 2.24) is 14.8 Å². The minimum Gasteiger partial charge on any atom is -0.409 e. The van der Waals surface area contributed by atoms with Gasteiger partial charge in [0.2, 0.25) is 11.1 Å². The number of para-hydroxylation sites is 1. The summed E-state index contributed by atoms with van der Waals surface area (Å²) < 4.78 is 6.15. The summed E-state index contributed by atoms with van der Waals surface area (Å²) in [6.07, 6.45) is -0.687. The quantitative estimate of drug-likeness (QED) is 0.741. The van der Waals surface area contributed by atoms with Crippen LogP contribution in [0.3, 0.4) is 0 Å². The summed E-state index contributed by atoms with van der Waals surface area (Å²) in [5.41, 5.74) is 6.88. The third kappa shape index (κ3) is 3.89. The van der Waals surface area contributed by atoms with E-state index in [0.717, 1.165) is 10.2 Å².